The van der Waals surface area contributed by atoms with Crippen LogP contribution in [0.4, 0.5) is 10.1 Å². The number of nitrogens with one attached hydrogen (secondary N) is 2. The van der Waals surface area contributed by atoms with Gasteiger partial charge in [-0.2, -0.15) is 0 Å². The van der Waals surface area contributed by atoms with Crippen molar-refractivity contribution in [3.63, 3.8) is 0 Å². The fourth-order valence-electron chi connectivity index (χ4n) is 4.38. The number of amides is 1. The molecule has 9 heteroatoms. The lowest BCUT2D eigenvalue weighted by molar-refractivity contribution is -0.116. The standard InChI is InChI=1S/C26H24FN5O2S/c27-19-8-1-2-9-20(19)29-23(33)12-15-32-25(24(30-26(32)35)21-10-3-4-13-28-21)22-11-5-14-31(22)17-18-7-6-16-34-18/h1-11,13-14,16,24-25H,12,15,17H2,(H,29,33)(H,30,35)/t24-,25+/m0/s1. The minimum absolute atomic E-state index is 0.139. The molecule has 0 unspecified atom stereocenters. The van der Waals surface area contributed by atoms with E-state index in [0.717, 1.165) is 17.1 Å². The maximum atomic E-state index is 14.0. The Morgan fingerprint density at radius 3 is 2.74 bits per heavy atom. The molecule has 2 atom stereocenters. The van der Waals surface area contributed by atoms with E-state index in [-0.39, 0.29) is 30.1 Å². The number of thiocarbonyl (C=S) groups is 1. The third kappa shape index (κ3) is 4.95. The van der Waals surface area contributed by atoms with Gasteiger partial charge in [-0.3, -0.25) is 9.78 Å². The molecule has 1 saturated heterocycles. The molecular weight excluding hydrogens is 465 g/mol. The molecular formula is C26H24FN5O2S. The molecule has 3 aromatic heterocycles. The summed E-state index contributed by atoms with van der Waals surface area (Å²) in [4.78, 5) is 19.2. The number of halogens is 1. The number of para-hydroxylation sites is 1. The number of hydrogen-bond acceptors (Lipinski definition) is 4. The molecule has 1 aromatic carbocycles. The van der Waals surface area contributed by atoms with E-state index in [1.54, 1.807) is 24.6 Å². The van der Waals surface area contributed by atoms with Crippen LogP contribution < -0.4 is 10.6 Å². The Bertz CT molecular complexity index is 1310. The van der Waals surface area contributed by atoms with Crippen molar-refractivity contribution in [1.82, 2.24) is 19.8 Å². The number of furan rings is 1. The number of aromatic nitrogens is 2. The van der Waals surface area contributed by atoms with Crippen molar-refractivity contribution in [2.75, 3.05) is 11.9 Å². The minimum atomic E-state index is -0.469. The van der Waals surface area contributed by atoms with Crippen LogP contribution in [0.3, 0.4) is 0 Å². The number of hydrogen-bond donors (Lipinski definition) is 2. The summed E-state index contributed by atoms with van der Waals surface area (Å²) in [5.41, 5.74) is 2.03. The highest BCUT2D eigenvalue weighted by Crippen LogP contribution is 2.39. The molecule has 0 aliphatic carbocycles. The summed E-state index contributed by atoms with van der Waals surface area (Å²) >= 11 is 5.70. The Balaban J connectivity index is 1.40. The Hall–Kier alpha value is -3.98. The zero-order chi connectivity index (χ0) is 24.2. The van der Waals surface area contributed by atoms with Crippen LogP contribution in [0.1, 0.15) is 35.7 Å². The molecule has 1 fully saturated rings. The Morgan fingerprint density at radius 1 is 1.11 bits per heavy atom. The van der Waals surface area contributed by atoms with Crippen molar-refractivity contribution in [3.05, 3.63) is 108 Å². The highest BCUT2D eigenvalue weighted by atomic mass is 32.1. The lowest BCUT2D eigenvalue weighted by Crippen LogP contribution is -2.33. The van der Waals surface area contributed by atoms with Gasteiger partial charge in [0.1, 0.15) is 11.6 Å². The van der Waals surface area contributed by atoms with E-state index in [4.69, 9.17) is 16.6 Å². The molecule has 35 heavy (non-hydrogen) atoms. The predicted octanol–water partition coefficient (Wildman–Crippen LogP) is 4.66. The summed E-state index contributed by atoms with van der Waals surface area (Å²) in [5, 5.41) is 6.58. The first-order chi connectivity index (χ1) is 17.1. The molecule has 4 heterocycles. The van der Waals surface area contributed by atoms with Crippen LogP contribution in [-0.4, -0.2) is 32.0 Å². The van der Waals surface area contributed by atoms with Gasteiger partial charge in [0.2, 0.25) is 5.91 Å². The molecule has 0 spiro atoms. The van der Waals surface area contributed by atoms with Gasteiger partial charge in [0, 0.05) is 31.1 Å². The second-order valence-electron chi connectivity index (χ2n) is 8.24. The van der Waals surface area contributed by atoms with Gasteiger partial charge in [0.05, 0.1) is 36.3 Å². The molecule has 5 rings (SSSR count). The first-order valence-electron chi connectivity index (χ1n) is 11.3. The van der Waals surface area contributed by atoms with Gasteiger partial charge in [0.25, 0.3) is 0 Å². The predicted molar refractivity (Wildman–Crippen MR) is 134 cm³/mol. The molecule has 7 nitrogen and oxygen atoms in total. The third-order valence-electron chi connectivity index (χ3n) is 6.00. The smallest absolute Gasteiger partial charge is 0.226 e. The summed E-state index contributed by atoms with van der Waals surface area (Å²) in [5.74, 6) is 0.0770. The fraction of sp³-hybridized carbons (Fsp3) is 0.192. The molecule has 1 aliphatic rings. The normalized spacial score (nSPS) is 17.4. The summed E-state index contributed by atoms with van der Waals surface area (Å²) in [7, 11) is 0. The monoisotopic (exact) mass is 489 g/mol. The fourth-order valence-corrected chi connectivity index (χ4v) is 4.71. The van der Waals surface area contributed by atoms with Gasteiger partial charge in [-0.15, -0.1) is 0 Å². The molecule has 1 aliphatic heterocycles. The third-order valence-corrected chi connectivity index (χ3v) is 6.35. The number of carbonyl (C=O) groups is 1. The first kappa shape index (κ1) is 22.8. The second-order valence-corrected chi connectivity index (χ2v) is 8.63. The van der Waals surface area contributed by atoms with E-state index < -0.39 is 5.82 Å². The zero-order valence-electron chi connectivity index (χ0n) is 18.8. The van der Waals surface area contributed by atoms with Gasteiger partial charge >= 0.3 is 0 Å². The Labute approximate surface area is 207 Å². The minimum Gasteiger partial charge on any atom is -0.467 e. The van der Waals surface area contributed by atoms with Crippen LogP contribution >= 0.6 is 12.2 Å². The van der Waals surface area contributed by atoms with Gasteiger partial charge in [-0.25, -0.2) is 4.39 Å². The molecule has 1 amide bonds. The highest BCUT2D eigenvalue weighted by Gasteiger charge is 2.41. The summed E-state index contributed by atoms with van der Waals surface area (Å²) in [6, 6.07) is 19.3. The summed E-state index contributed by atoms with van der Waals surface area (Å²) in [6.45, 7) is 0.918. The van der Waals surface area contributed by atoms with Crippen molar-refractivity contribution in [2.45, 2.75) is 25.0 Å². The number of anilines is 1. The van der Waals surface area contributed by atoms with Crippen LogP contribution in [0.25, 0.3) is 0 Å². The number of rotatable bonds is 8. The summed E-state index contributed by atoms with van der Waals surface area (Å²) in [6.07, 6.45) is 5.55. The SMILES string of the molecule is O=C(CCN1C(=S)N[C@@H](c2ccccn2)[C@H]1c1cccn1Cc1ccco1)Nc1ccccc1F. The van der Waals surface area contributed by atoms with E-state index in [0.29, 0.717) is 18.2 Å². The molecule has 0 radical (unpaired) electrons. The topological polar surface area (TPSA) is 75.3 Å². The molecule has 0 saturated carbocycles. The molecule has 178 valence electrons. The van der Waals surface area contributed by atoms with Crippen LogP contribution in [0, 0.1) is 5.82 Å². The van der Waals surface area contributed by atoms with Gasteiger partial charge in [-0.05, 0) is 60.7 Å². The van der Waals surface area contributed by atoms with Gasteiger partial charge in [0.15, 0.2) is 5.11 Å². The van der Waals surface area contributed by atoms with E-state index >= 15 is 0 Å². The average Bonchev–Trinajstić information content (AvgIpc) is 3.61. The van der Waals surface area contributed by atoms with Gasteiger partial charge in [-0.1, -0.05) is 18.2 Å². The van der Waals surface area contributed by atoms with Crippen molar-refractivity contribution >= 4 is 28.9 Å². The number of benzene rings is 1. The maximum absolute atomic E-state index is 14.0. The van der Waals surface area contributed by atoms with Crippen molar-refractivity contribution in [2.24, 2.45) is 0 Å². The van der Waals surface area contributed by atoms with Crippen LogP contribution in [-0.2, 0) is 11.3 Å². The highest BCUT2D eigenvalue weighted by molar-refractivity contribution is 7.80. The average molecular weight is 490 g/mol. The molecule has 2 N–H and O–H groups in total. The van der Waals surface area contributed by atoms with E-state index in [1.165, 1.54) is 12.1 Å². The van der Waals surface area contributed by atoms with E-state index in [9.17, 15) is 9.18 Å². The maximum Gasteiger partial charge on any atom is 0.226 e. The van der Waals surface area contributed by atoms with E-state index in [1.807, 2.05) is 53.6 Å². The number of nitrogens with zero attached hydrogens (tertiary/aromatic N) is 3. The van der Waals surface area contributed by atoms with Crippen LogP contribution in [0.5, 0.6) is 0 Å². The van der Waals surface area contributed by atoms with Crippen molar-refractivity contribution in [3.8, 4) is 0 Å². The van der Waals surface area contributed by atoms with Crippen molar-refractivity contribution in [1.29, 1.82) is 0 Å². The van der Waals surface area contributed by atoms with Crippen molar-refractivity contribution < 1.29 is 13.6 Å². The lowest BCUT2D eigenvalue weighted by Gasteiger charge is -2.28. The Morgan fingerprint density at radius 2 is 1.97 bits per heavy atom. The number of pyridine rings is 1. The quantitative estimate of drug-likeness (QED) is 0.351. The molecule has 4 aromatic rings. The molecule has 0 bridgehead atoms. The largest absolute Gasteiger partial charge is 0.467 e. The lowest BCUT2D eigenvalue weighted by atomic mass is 10.0. The second kappa shape index (κ2) is 10.1. The number of carbonyl (C=O) groups excluding carboxylic acids is 1. The summed E-state index contributed by atoms with van der Waals surface area (Å²) < 4.78 is 21.6. The van der Waals surface area contributed by atoms with Gasteiger partial charge < -0.3 is 24.5 Å². The first-order valence-corrected chi connectivity index (χ1v) is 11.7. The van der Waals surface area contributed by atoms with E-state index in [2.05, 4.69) is 20.2 Å². The van der Waals surface area contributed by atoms with Crippen LogP contribution in [0.2, 0.25) is 0 Å². The Kier molecular flexibility index (Phi) is 6.58. The van der Waals surface area contributed by atoms with Crippen LogP contribution in [0.15, 0.2) is 89.8 Å². The zero-order valence-corrected chi connectivity index (χ0v) is 19.6.